The van der Waals surface area contributed by atoms with Crippen LogP contribution in [0.3, 0.4) is 0 Å². The van der Waals surface area contributed by atoms with Crippen LogP contribution in [0.4, 0.5) is 5.69 Å². The summed E-state index contributed by atoms with van der Waals surface area (Å²) in [5.41, 5.74) is 1.25. The van der Waals surface area contributed by atoms with E-state index in [2.05, 4.69) is 28.0 Å². The Morgan fingerprint density at radius 1 is 1.60 bits per heavy atom. The molecule has 6 heteroatoms. The largest absolute Gasteiger partial charge is 0.312 e. The zero-order valence-electron chi connectivity index (χ0n) is 9.03. The number of nitrogens with zero attached hydrogens (tertiary/aromatic N) is 3. The van der Waals surface area contributed by atoms with Crippen LogP contribution in [0.15, 0.2) is 0 Å². The van der Waals surface area contributed by atoms with Crippen LogP contribution < -0.4 is 0 Å². The van der Waals surface area contributed by atoms with Crippen molar-refractivity contribution in [3.63, 3.8) is 0 Å². The molecule has 0 aliphatic heterocycles. The number of rotatable bonds is 4. The second-order valence-electron chi connectivity index (χ2n) is 3.72. The van der Waals surface area contributed by atoms with Crippen molar-refractivity contribution in [1.29, 1.82) is 0 Å². The van der Waals surface area contributed by atoms with Gasteiger partial charge < -0.3 is 0 Å². The summed E-state index contributed by atoms with van der Waals surface area (Å²) in [6.07, 6.45) is 0. The van der Waals surface area contributed by atoms with Gasteiger partial charge in [-0.1, -0.05) is 22.9 Å². The fourth-order valence-electron chi connectivity index (χ4n) is 1.47. The first-order valence-corrected chi connectivity index (χ1v) is 5.83. The lowest BCUT2D eigenvalue weighted by molar-refractivity contribution is -0.386. The second kappa shape index (κ2) is 4.74. The zero-order chi connectivity index (χ0) is 11.6. The Bertz CT molecular complexity index is 376. The highest BCUT2D eigenvalue weighted by Gasteiger charge is 2.22. The summed E-state index contributed by atoms with van der Waals surface area (Å²) in [5, 5.41) is 15.8. The molecule has 1 aromatic heterocycles. The van der Waals surface area contributed by atoms with E-state index >= 15 is 0 Å². The maximum atomic E-state index is 10.8. The Hall–Kier alpha value is -0.910. The van der Waals surface area contributed by atoms with Gasteiger partial charge >= 0.3 is 5.69 Å². The molecule has 1 aromatic rings. The molecule has 1 atom stereocenters. The Balaban J connectivity index is 3.01. The summed E-state index contributed by atoms with van der Waals surface area (Å²) in [5.74, 6) is 0.405. The number of aromatic nitrogens is 2. The highest BCUT2D eigenvalue weighted by Crippen LogP contribution is 2.22. The second-order valence-corrected chi connectivity index (χ2v) is 4.37. The lowest BCUT2D eigenvalue weighted by Crippen LogP contribution is -2.11. The summed E-state index contributed by atoms with van der Waals surface area (Å²) >= 11 is 3.38. The van der Waals surface area contributed by atoms with Crippen LogP contribution in [0.5, 0.6) is 0 Å². The Morgan fingerprint density at radius 3 is 2.60 bits per heavy atom. The van der Waals surface area contributed by atoms with E-state index in [1.165, 1.54) is 0 Å². The van der Waals surface area contributed by atoms with E-state index in [1.54, 1.807) is 18.5 Å². The lowest BCUT2D eigenvalue weighted by atomic mass is 10.2. The smallest absolute Gasteiger partial charge is 0.262 e. The van der Waals surface area contributed by atoms with Crippen molar-refractivity contribution in [2.75, 3.05) is 5.33 Å². The highest BCUT2D eigenvalue weighted by atomic mass is 79.9. The molecule has 0 radical (unpaired) electrons. The number of alkyl halides is 1. The van der Waals surface area contributed by atoms with Gasteiger partial charge in [-0.3, -0.25) is 14.8 Å². The molecule has 0 bridgehead atoms. The predicted octanol–water partition coefficient (Wildman–Crippen LogP) is 2.44. The van der Waals surface area contributed by atoms with Gasteiger partial charge in [-0.2, -0.15) is 5.10 Å². The van der Waals surface area contributed by atoms with Crippen LogP contribution in [0.2, 0.25) is 0 Å². The number of aryl methyl sites for hydroxylation is 1. The van der Waals surface area contributed by atoms with Crippen molar-refractivity contribution >= 4 is 21.6 Å². The Labute approximate surface area is 96.7 Å². The van der Waals surface area contributed by atoms with Gasteiger partial charge in [-0.05, 0) is 19.8 Å². The maximum Gasteiger partial charge on any atom is 0.312 e. The topological polar surface area (TPSA) is 61.0 Å². The van der Waals surface area contributed by atoms with Gasteiger partial charge in [0.15, 0.2) is 0 Å². The van der Waals surface area contributed by atoms with Crippen LogP contribution in [-0.4, -0.2) is 20.0 Å². The summed E-state index contributed by atoms with van der Waals surface area (Å²) < 4.78 is 1.71. The average Bonchev–Trinajstić information content (AvgIpc) is 2.41. The molecule has 0 saturated heterocycles. The lowest BCUT2D eigenvalue weighted by Gasteiger charge is -2.08. The van der Waals surface area contributed by atoms with E-state index < -0.39 is 0 Å². The maximum absolute atomic E-state index is 10.8. The summed E-state index contributed by atoms with van der Waals surface area (Å²) in [4.78, 5) is 10.4. The molecule has 0 aliphatic rings. The monoisotopic (exact) mass is 275 g/mol. The molecule has 0 fully saturated rings. The molecular formula is C9H14BrN3O2. The van der Waals surface area contributed by atoms with E-state index in [4.69, 9.17) is 0 Å². The van der Waals surface area contributed by atoms with Gasteiger partial charge in [-0.15, -0.1) is 0 Å². The number of hydrogen-bond acceptors (Lipinski definition) is 3. The minimum absolute atomic E-state index is 0.136. The summed E-state index contributed by atoms with van der Waals surface area (Å²) in [6.45, 7) is 6.17. The van der Waals surface area contributed by atoms with Gasteiger partial charge in [-0.25, -0.2) is 0 Å². The minimum atomic E-state index is -0.368. The van der Waals surface area contributed by atoms with Crippen LogP contribution in [0, 0.1) is 29.9 Å². The normalized spacial score (nSPS) is 12.8. The first-order valence-electron chi connectivity index (χ1n) is 4.71. The quantitative estimate of drug-likeness (QED) is 0.482. The zero-order valence-corrected chi connectivity index (χ0v) is 10.6. The van der Waals surface area contributed by atoms with Crippen molar-refractivity contribution in [3.05, 3.63) is 21.5 Å². The van der Waals surface area contributed by atoms with Crippen molar-refractivity contribution in [2.45, 2.75) is 27.3 Å². The average molecular weight is 276 g/mol. The minimum Gasteiger partial charge on any atom is -0.262 e. The number of hydrogen-bond donors (Lipinski definition) is 0. The molecular weight excluding hydrogens is 262 g/mol. The van der Waals surface area contributed by atoms with Crippen LogP contribution in [0.25, 0.3) is 0 Å². The summed E-state index contributed by atoms with van der Waals surface area (Å²) in [7, 11) is 0. The molecule has 0 saturated carbocycles. The molecule has 84 valence electrons. The van der Waals surface area contributed by atoms with Gasteiger partial charge in [0, 0.05) is 11.9 Å². The fourth-order valence-corrected chi connectivity index (χ4v) is 1.68. The fraction of sp³-hybridized carbons (Fsp3) is 0.667. The van der Waals surface area contributed by atoms with Crippen LogP contribution in [0.1, 0.15) is 18.3 Å². The highest BCUT2D eigenvalue weighted by molar-refractivity contribution is 9.09. The molecule has 1 heterocycles. The Kier molecular flexibility index (Phi) is 3.84. The molecule has 1 rings (SSSR count). The van der Waals surface area contributed by atoms with E-state index in [0.29, 0.717) is 23.9 Å². The third-order valence-corrected chi connectivity index (χ3v) is 3.38. The molecule has 0 N–H and O–H groups in total. The van der Waals surface area contributed by atoms with Crippen molar-refractivity contribution in [1.82, 2.24) is 9.78 Å². The first-order chi connectivity index (χ1) is 6.97. The van der Waals surface area contributed by atoms with Crippen LogP contribution >= 0.6 is 15.9 Å². The van der Waals surface area contributed by atoms with Gasteiger partial charge in [0.2, 0.25) is 0 Å². The molecule has 0 aliphatic carbocycles. The molecule has 15 heavy (non-hydrogen) atoms. The summed E-state index contributed by atoms with van der Waals surface area (Å²) in [6, 6.07) is 0. The number of halogens is 1. The van der Waals surface area contributed by atoms with Crippen molar-refractivity contribution in [2.24, 2.45) is 5.92 Å². The molecule has 0 aromatic carbocycles. The third-order valence-electron chi connectivity index (χ3n) is 2.27. The van der Waals surface area contributed by atoms with Gasteiger partial charge in [0.05, 0.1) is 4.92 Å². The predicted molar refractivity (Wildman–Crippen MR) is 61.3 cm³/mol. The SMILES string of the molecule is Cc1nn(CC(C)CBr)c(C)c1[N+](=O)[O-]. The van der Waals surface area contributed by atoms with Crippen LogP contribution in [-0.2, 0) is 6.54 Å². The standard InChI is InChI=1S/C9H14BrN3O2/c1-6(4-10)5-12-8(3)9(13(14)15)7(2)11-12/h6H,4-5H2,1-3H3. The third kappa shape index (κ3) is 2.56. The Morgan fingerprint density at radius 2 is 2.20 bits per heavy atom. The molecule has 1 unspecified atom stereocenters. The van der Waals surface area contributed by atoms with Crippen molar-refractivity contribution in [3.8, 4) is 0 Å². The van der Waals surface area contributed by atoms with Gasteiger partial charge in [0.25, 0.3) is 0 Å². The molecule has 0 spiro atoms. The van der Waals surface area contributed by atoms with E-state index in [9.17, 15) is 10.1 Å². The molecule has 0 amide bonds. The van der Waals surface area contributed by atoms with Crippen molar-refractivity contribution < 1.29 is 4.92 Å². The van der Waals surface area contributed by atoms with E-state index in [0.717, 1.165) is 5.33 Å². The number of nitro groups is 1. The molecule has 5 nitrogen and oxygen atoms in total. The first kappa shape index (κ1) is 12.2. The van der Waals surface area contributed by atoms with E-state index in [1.807, 2.05) is 0 Å². The van der Waals surface area contributed by atoms with E-state index in [-0.39, 0.29) is 10.6 Å². The van der Waals surface area contributed by atoms with Gasteiger partial charge in [0.1, 0.15) is 11.4 Å².